The van der Waals surface area contributed by atoms with Gasteiger partial charge in [0.05, 0.1) is 23.1 Å². The summed E-state index contributed by atoms with van der Waals surface area (Å²) in [5.41, 5.74) is -1.02. The number of hydrogen-bond donors (Lipinski definition) is 0. The van der Waals surface area contributed by atoms with Crippen molar-refractivity contribution in [1.29, 1.82) is 0 Å². The van der Waals surface area contributed by atoms with Crippen LogP contribution in [0.3, 0.4) is 0 Å². The standard InChI is InChI=1S/C14H7BF4N2O3S/c1-20-3-5-4-25-13-8(14(23)24-15(18)19)12(22)6-2-7(16)9(17)11(20)10(6)21(5)13/h2,4H,3H2,1H3. The topological polar surface area (TPSA) is 51.0 Å². The molecule has 0 radical (unpaired) electrons. The molecule has 0 fully saturated rings. The van der Waals surface area contributed by atoms with Gasteiger partial charge in [-0.3, -0.25) is 9.20 Å². The normalized spacial score (nSPS) is 13.1. The fourth-order valence-corrected chi connectivity index (χ4v) is 4.14. The monoisotopic (exact) mass is 370 g/mol. The number of carbonyl (C=O) groups excluding carboxylic acids is 1. The van der Waals surface area contributed by atoms with Crippen LogP contribution in [-0.2, 0) is 11.2 Å². The van der Waals surface area contributed by atoms with Gasteiger partial charge in [-0.25, -0.2) is 22.2 Å². The molecule has 0 saturated carbocycles. The average molecular weight is 370 g/mol. The van der Waals surface area contributed by atoms with E-state index >= 15 is 0 Å². The fourth-order valence-electron chi connectivity index (χ4n) is 3.11. The van der Waals surface area contributed by atoms with Gasteiger partial charge < -0.3 is 9.55 Å². The van der Waals surface area contributed by atoms with Gasteiger partial charge in [0.25, 0.3) is 0 Å². The molecule has 128 valence electrons. The van der Waals surface area contributed by atoms with Gasteiger partial charge in [-0.05, 0) is 6.07 Å². The highest BCUT2D eigenvalue weighted by atomic mass is 32.1. The summed E-state index contributed by atoms with van der Waals surface area (Å²) < 4.78 is 58.3. The van der Waals surface area contributed by atoms with E-state index in [-0.39, 0.29) is 28.0 Å². The molecule has 3 heterocycles. The predicted octanol–water partition coefficient (Wildman–Crippen LogP) is 2.82. The lowest BCUT2D eigenvalue weighted by Crippen LogP contribution is -2.28. The number of halogens is 4. The maximum atomic E-state index is 14.3. The Hall–Kier alpha value is -2.56. The van der Waals surface area contributed by atoms with Crippen molar-refractivity contribution in [3.8, 4) is 0 Å². The van der Waals surface area contributed by atoms with Crippen molar-refractivity contribution in [2.75, 3.05) is 11.9 Å². The third-order valence-corrected chi connectivity index (χ3v) is 5.06. The molecule has 1 aliphatic rings. The number of rotatable bonds is 2. The highest BCUT2D eigenvalue weighted by molar-refractivity contribution is 7.16. The van der Waals surface area contributed by atoms with Gasteiger partial charge in [0, 0.05) is 12.4 Å². The van der Waals surface area contributed by atoms with E-state index in [0.717, 1.165) is 11.3 Å². The van der Waals surface area contributed by atoms with E-state index in [4.69, 9.17) is 0 Å². The van der Waals surface area contributed by atoms with E-state index in [1.807, 2.05) is 0 Å². The maximum Gasteiger partial charge on any atom is 0.798 e. The van der Waals surface area contributed by atoms with Crippen molar-refractivity contribution in [3.63, 3.8) is 0 Å². The van der Waals surface area contributed by atoms with Crippen molar-refractivity contribution in [2.45, 2.75) is 6.54 Å². The molecule has 1 aliphatic heterocycles. The molecular weight excluding hydrogens is 363 g/mol. The molecule has 4 rings (SSSR count). The molecule has 0 N–H and O–H groups in total. The first-order chi connectivity index (χ1) is 11.8. The molecule has 0 saturated heterocycles. The largest absolute Gasteiger partial charge is 0.798 e. The number of carbonyl (C=O) groups is 1. The Morgan fingerprint density at radius 2 is 2.08 bits per heavy atom. The van der Waals surface area contributed by atoms with Crippen LogP contribution in [-0.4, -0.2) is 24.9 Å². The quantitative estimate of drug-likeness (QED) is 0.514. The summed E-state index contributed by atoms with van der Waals surface area (Å²) in [5, 5.41) is 1.34. The molecule has 1 aromatic carbocycles. The number of aromatic nitrogens is 1. The third-order valence-electron chi connectivity index (χ3n) is 4.06. The Labute approximate surface area is 141 Å². The predicted molar refractivity (Wildman–Crippen MR) is 84.5 cm³/mol. The van der Waals surface area contributed by atoms with Crippen LogP contribution in [0.5, 0.6) is 0 Å². The number of thiazole rings is 1. The Bertz CT molecular complexity index is 1130. The summed E-state index contributed by atoms with van der Waals surface area (Å²) >= 11 is 0.969. The minimum absolute atomic E-state index is 0.0542. The minimum atomic E-state index is -3.40. The van der Waals surface area contributed by atoms with Gasteiger partial charge in [0.2, 0.25) is 5.43 Å². The third kappa shape index (κ3) is 2.08. The number of pyridine rings is 1. The lowest BCUT2D eigenvalue weighted by molar-refractivity contribution is 0.0696. The van der Waals surface area contributed by atoms with Gasteiger partial charge in [0.1, 0.15) is 16.1 Å². The summed E-state index contributed by atoms with van der Waals surface area (Å²) in [7, 11) is -1.87. The molecule has 0 bridgehead atoms. The summed E-state index contributed by atoms with van der Waals surface area (Å²) in [6.07, 6.45) is 0. The van der Waals surface area contributed by atoms with Crippen molar-refractivity contribution in [1.82, 2.24) is 4.40 Å². The molecule has 0 spiro atoms. The SMILES string of the molecule is CN1Cc2csc3c(C(=O)OB(F)F)c(=O)c4cc(F)c(F)c1c4n23. The second-order valence-electron chi connectivity index (χ2n) is 5.51. The Balaban J connectivity index is 2.22. The maximum absolute atomic E-state index is 14.3. The van der Waals surface area contributed by atoms with E-state index in [2.05, 4.69) is 4.65 Å². The first-order valence-corrected chi connectivity index (χ1v) is 7.86. The van der Waals surface area contributed by atoms with Crippen molar-refractivity contribution >= 4 is 46.2 Å². The van der Waals surface area contributed by atoms with Crippen molar-refractivity contribution < 1.29 is 26.9 Å². The molecule has 5 nitrogen and oxygen atoms in total. The second-order valence-corrected chi connectivity index (χ2v) is 6.37. The van der Waals surface area contributed by atoms with E-state index < -0.39 is 36.1 Å². The lowest BCUT2D eigenvalue weighted by Gasteiger charge is -2.27. The van der Waals surface area contributed by atoms with E-state index in [1.165, 1.54) is 16.3 Å². The van der Waals surface area contributed by atoms with Gasteiger partial charge in [-0.2, -0.15) is 0 Å². The van der Waals surface area contributed by atoms with Crippen LogP contribution < -0.4 is 10.3 Å². The number of anilines is 1. The zero-order valence-corrected chi connectivity index (χ0v) is 13.3. The first kappa shape index (κ1) is 15.9. The number of benzene rings is 1. The summed E-state index contributed by atoms with van der Waals surface area (Å²) in [4.78, 5) is 26.1. The molecular formula is C14H7BF4N2O3S. The Morgan fingerprint density at radius 3 is 2.76 bits per heavy atom. The van der Waals surface area contributed by atoms with Crippen molar-refractivity contribution in [2.24, 2.45) is 0 Å². The molecule has 0 amide bonds. The number of nitrogens with zero attached hydrogens (tertiary/aromatic N) is 2. The molecule has 2 aromatic heterocycles. The van der Waals surface area contributed by atoms with Gasteiger partial charge in [-0.1, -0.05) is 0 Å². The second kappa shape index (κ2) is 5.22. The van der Waals surface area contributed by atoms with Crippen molar-refractivity contribution in [3.05, 3.63) is 44.6 Å². The van der Waals surface area contributed by atoms with Crippen LogP contribution in [0, 0.1) is 11.6 Å². The van der Waals surface area contributed by atoms with Gasteiger partial charge in [0.15, 0.2) is 11.6 Å². The van der Waals surface area contributed by atoms with E-state index in [0.29, 0.717) is 11.8 Å². The smallest absolute Gasteiger partial charge is 0.474 e. The molecule has 0 atom stereocenters. The zero-order valence-electron chi connectivity index (χ0n) is 12.5. The van der Waals surface area contributed by atoms with Crippen LogP contribution in [0.4, 0.5) is 23.1 Å². The molecule has 0 unspecified atom stereocenters. The summed E-state index contributed by atoms with van der Waals surface area (Å²) in [6, 6.07) is 0.669. The van der Waals surface area contributed by atoms with Crippen LogP contribution in [0.15, 0.2) is 16.2 Å². The summed E-state index contributed by atoms with van der Waals surface area (Å²) in [6.45, 7) is 0.189. The molecule has 0 aliphatic carbocycles. The Morgan fingerprint density at radius 1 is 1.36 bits per heavy atom. The Kier molecular flexibility index (Phi) is 3.33. The highest BCUT2D eigenvalue weighted by Gasteiger charge is 2.32. The first-order valence-electron chi connectivity index (χ1n) is 6.98. The fraction of sp³-hybridized carbons (Fsp3) is 0.143. The number of hydrogen-bond acceptors (Lipinski definition) is 5. The lowest BCUT2D eigenvalue weighted by atomic mass is 10.1. The summed E-state index contributed by atoms with van der Waals surface area (Å²) in [5.74, 6) is -3.89. The van der Waals surface area contributed by atoms with Crippen LogP contribution >= 0.6 is 11.3 Å². The van der Waals surface area contributed by atoms with Gasteiger partial charge >= 0.3 is 13.4 Å². The van der Waals surface area contributed by atoms with Crippen LogP contribution in [0.2, 0.25) is 0 Å². The molecule has 11 heteroatoms. The molecule has 25 heavy (non-hydrogen) atoms. The average Bonchev–Trinajstić information content (AvgIpc) is 2.92. The minimum Gasteiger partial charge on any atom is -0.474 e. The van der Waals surface area contributed by atoms with E-state index in [1.54, 1.807) is 5.38 Å². The van der Waals surface area contributed by atoms with Gasteiger partial charge in [-0.15, -0.1) is 11.3 Å². The van der Waals surface area contributed by atoms with E-state index in [9.17, 15) is 27.0 Å². The molecule has 3 aromatic rings. The van der Waals surface area contributed by atoms with Crippen LogP contribution in [0.1, 0.15) is 16.1 Å². The zero-order chi connectivity index (χ0) is 18.0. The highest BCUT2D eigenvalue weighted by Crippen LogP contribution is 2.38. The van der Waals surface area contributed by atoms with Crippen LogP contribution in [0.25, 0.3) is 15.7 Å².